The first-order valence-corrected chi connectivity index (χ1v) is 10.9. The first kappa shape index (κ1) is 18.1. The van der Waals surface area contributed by atoms with Crippen molar-refractivity contribution in [1.29, 1.82) is 0 Å². The van der Waals surface area contributed by atoms with Crippen molar-refractivity contribution in [3.63, 3.8) is 0 Å². The van der Waals surface area contributed by atoms with E-state index in [0.29, 0.717) is 24.3 Å². The molecule has 1 fully saturated rings. The highest BCUT2D eigenvalue weighted by molar-refractivity contribution is 7.17. The molecule has 0 bridgehead atoms. The Labute approximate surface area is 166 Å². The number of carbonyl (C=O) groups excluding carboxylic acids is 1. The van der Waals surface area contributed by atoms with E-state index in [0.717, 1.165) is 46.7 Å². The summed E-state index contributed by atoms with van der Waals surface area (Å²) >= 11 is 3.29. The van der Waals surface area contributed by atoms with E-state index in [1.54, 1.807) is 22.7 Å². The third-order valence-corrected chi connectivity index (χ3v) is 6.66. The number of nitrogens with zero attached hydrogens (tertiary/aromatic N) is 2. The minimum absolute atomic E-state index is 0.159. The maximum atomic E-state index is 11.6. The Kier molecular flexibility index (Phi) is 5.50. The lowest BCUT2D eigenvalue weighted by Crippen LogP contribution is -2.27. The Morgan fingerprint density at radius 1 is 1.19 bits per heavy atom. The predicted octanol–water partition coefficient (Wildman–Crippen LogP) is 5.61. The fourth-order valence-corrected chi connectivity index (χ4v) is 4.94. The number of fused-ring (bicyclic) bond motifs is 1. The van der Waals surface area contributed by atoms with Gasteiger partial charge in [0.1, 0.15) is 5.82 Å². The van der Waals surface area contributed by atoms with E-state index >= 15 is 0 Å². The third kappa shape index (κ3) is 4.36. The Morgan fingerprint density at radius 3 is 2.78 bits per heavy atom. The van der Waals surface area contributed by atoms with Gasteiger partial charge in [-0.25, -0.2) is 4.98 Å². The van der Waals surface area contributed by atoms with Crippen molar-refractivity contribution < 1.29 is 4.79 Å². The minimum Gasteiger partial charge on any atom is -0.366 e. The molecule has 0 spiro atoms. The Balaban J connectivity index is 1.46. The number of rotatable bonds is 7. The SMILES string of the molecule is C=CC(=O)CC1CCC(Nc2nc(Nc3cccs3)nc3ccsc23)CC1. The topological polar surface area (TPSA) is 66.9 Å². The van der Waals surface area contributed by atoms with Gasteiger partial charge in [-0.1, -0.05) is 6.58 Å². The van der Waals surface area contributed by atoms with Crippen molar-refractivity contribution in [3.8, 4) is 0 Å². The van der Waals surface area contributed by atoms with Crippen LogP contribution in [0.5, 0.6) is 0 Å². The summed E-state index contributed by atoms with van der Waals surface area (Å²) in [4.78, 5) is 20.9. The van der Waals surface area contributed by atoms with Crippen LogP contribution in [0.15, 0.2) is 41.6 Å². The molecule has 7 heteroatoms. The molecule has 1 aliphatic carbocycles. The van der Waals surface area contributed by atoms with Gasteiger partial charge >= 0.3 is 0 Å². The number of hydrogen-bond acceptors (Lipinski definition) is 7. The van der Waals surface area contributed by atoms with Gasteiger partial charge in [0.15, 0.2) is 5.78 Å². The minimum atomic E-state index is 0.159. The van der Waals surface area contributed by atoms with Crippen LogP contribution in [0.3, 0.4) is 0 Å². The van der Waals surface area contributed by atoms with Gasteiger partial charge in [-0.3, -0.25) is 4.79 Å². The van der Waals surface area contributed by atoms with Crippen molar-refractivity contribution in [3.05, 3.63) is 41.6 Å². The molecular weight excluding hydrogens is 376 g/mol. The molecule has 0 aromatic carbocycles. The molecule has 2 N–H and O–H groups in total. The van der Waals surface area contributed by atoms with E-state index in [1.807, 2.05) is 23.6 Å². The van der Waals surface area contributed by atoms with Gasteiger partial charge in [0.05, 0.1) is 15.2 Å². The normalized spacial score (nSPS) is 19.7. The maximum Gasteiger partial charge on any atom is 0.230 e. The van der Waals surface area contributed by atoms with Crippen molar-refractivity contribution in [1.82, 2.24) is 9.97 Å². The zero-order valence-corrected chi connectivity index (χ0v) is 16.6. The lowest BCUT2D eigenvalue weighted by atomic mass is 9.83. The van der Waals surface area contributed by atoms with Crippen molar-refractivity contribution in [2.45, 2.75) is 38.1 Å². The summed E-state index contributed by atoms with van der Waals surface area (Å²) in [7, 11) is 0. The summed E-state index contributed by atoms with van der Waals surface area (Å²) in [5.74, 6) is 2.17. The van der Waals surface area contributed by atoms with E-state index < -0.39 is 0 Å². The number of aromatic nitrogens is 2. The Morgan fingerprint density at radius 2 is 2.04 bits per heavy atom. The predicted molar refractivity (Wildman–Crippen MR) is 114 cm³/mol. The molecule has 3 aromatic rings. The molecule has 5 nitrogen and oxygen atoms in total. The summed E-state index contributed by atoms with van der Waals surface area (Å²) < 4.78 is 1.09. The van der Waals surface area contributed by atoms with E-state index in [4.69, 9.17) is 4.98 Å². The maximum absolute atomic E-state index is 11.6. The van der Waals surface area contributed by atoms with E-state index in [-0.39, 0.29) is 5.78 Å². The molecule has 3 heterocycles. The standard InChI is InChI=1S/C20H22N4OS2/c1-2-15(25)12-13-5-7-14(8-6-13)21-19-18-16(9-11-27-18)22-20(24-19)23-17-4-3-10-26-17/h2-4,9-11,13-14H,1,5-8,12H2,(H2,21,22,23,24). The molecule has 0 unspecified atom stereocenters. The highest BCUT2D eigenvalue weighted by atomic mass is 32.1. The van der Waals surface area contributed by atoms with Crippen LogP contribution >= 0.6 is 22.7 Å². The smallest absolute Gasteiger partial charge is 0.230 e. The molecular formula is C20H22N4OS2. The fourth-order valence-electron chi connectivity index (χ4n) is 3.55. The number of carbonyl (C=O) groups is 1. The lowest BCUT2D eigenvalue weighted by molar-refractivity contribution is -0.115. The van der Waals surface area contributed by atoms with Crippen LogP contribution in [0.25, 0.3) is 10.2 Å². The fraction of sp³-hybridized carbons (Fsp3) is 0.350. The number of anilines is 3. The second-order valence-corrected chi connectivity index (χ2v) is 8.73. The van der Waals surface area contributed by atoms with E-state index in [1.165, 1.54) is 6.08 Å². The van der Waals surface area contributed by atoms with Crippen LogP contribution in [0.2, 0.25) is 0 Å². The summed E-state index contributed by atoms with van der Waals surface area (Å²) in [6.45, 7) is 3.58. The van der Waals surface area contributed by atoms with Crippen LogP contribution in [0, 0.1) is 5.92 Å². The number of hydrogen-bond donors (Lipinski definition) is 2. The summed E-state index contributed by atoms with van der Waals surface area (Å²) in [6, 6.07) is 6.44. The molecule has 1 saturated carbocycles. The molecule has 0 radical (unpaired) electrons. The van der Waals surface area contributed by atoms with Gasteiger partial charge in [-0.2, -0.15) is 4.98 Å². The highest BCUT2D eigenvalue weighted by Crippen LogP contribution is 2.33. The van der Waals surface area contributed by atoms with Gasteiger partial charge < -0.3 is 10.6 Å². The van der Waals surface area contributed by atoms with Crippen LogP contribution in [-0.2, 0) is 4.79 Å². The molecule has 0 saturated heterocycles. The average Bonchev–Trinajstić information content (AvgIpc) is 3.35. The number of ketones is 1. The van der Waals surface area contributed by atoms with Crippen LogP contribution in [0.1, 0.15) is 32.1 Å². The highest BCUT2D eigenvalue weighted by Gasteiger charge is 2.23. The zero-order valence-electron chi connectivity index (χ0n) is 15.0. The molecule has 3 aromatic heterocycles. The molecule has 0 atom stereocenters. The lowest BCUT2D eigenvalue weighted by Gasteiger charge is -2.29. The summed E-state index contributed by atoms with van der Waals surface area (Å²) in [5.41, 5.74) is 0.960. The van der Waals surface area contributed by atoms with E-state index in [2.05, 4.69) is 27.6 Å². The van der Waals surface area contributed by atoms with Crippen LogP contribution < -0.4 is 10.6 Å². The van der Waals surface area contributed by atoms with Crippen molar-refractivity contribution in [2.24, 2.45) is 5.92 Å². The monoisotopic (exact) mass is 398 g/mol. The molecule has 140 valence electrons. The molecule has 0 amide bonds. The molecule has 0 aliphatic heterocycles. The van der Waals surface area contributed by atoms with Gasteiger partial charge in [-0.15, -0.1) is 22.7 Å². The third-order valence-electron chi connectivity index (χ3n) is 4.96. The number of thiophene rings is 2. The van der Waals surface area contributed by atoms with Gasteiger partial charge in [0.2, 0.25) is 5.95 Å². The summed E-state index contributed by atoms with van der Waals surface area (Å²) in [5, 5.41) is 12.0. The first-order chi connectivity index (χ1) is 13.2. The Bertz CT molecular complexity index is 927. The zero-order chi connectivity index (χ0) is 18.6. The number of allylic oxidation sites excluding steroid dienone is 1. The number of nitrogens with one attached hydrogen (secondary N) is 2. The van der Waals surface area contributed by atoms with Gasteiger partial charge in [0, 0.05) is 12.5 Å². The summed E-state index contributed by atoms with van der Waals surface area (Å²) in [6.07, 6.45) is 6.32. The molecule has 27 heavy (non-hydrogen) atoms. The molecule has 4 rings (SSSR count). The first-order valence-electron chi connectivity index (χ1n) is 9.19. The van der Waals surface area contributed by atoms with Gasteiger partial charge in [-0.05, 0) is 66.6 Å². The van der Waals surface area contributed by atoms with E-state index in [9.17, 15) is 4.79 Å². The van der Waals surface area contributed by atoms with Crippen molar-refractivity contribution in [2.75, 3.05) is 10.6 Å². The van der Waals surface area contributed by atoms with Crippen molar-refractivity contribution >= 4 is 55.4 Å². The Hall–Kier alpha value is -2.25. The quantitative estimate of drug-likeness (QED) is 0.506. The van der Waals surface area contributed by atoms with Crippen LogP contribution in [0.4, 0.5) is 16.8 Å². The van der Waals surface area contributed by atoms with Gasteiger partial charge in [0.25, 0.3) is 0 Å². The second kappa shape index (κ2) is 8.19. The molecule has 1 aliphatic rings. The average molecular weight is 399 g/mol. The largest absolute Gasteiger partial charge is 0.366 e. The second-order valence-electron chi connectivity index (χ2n) is 6.87. The van der Waals surface area contributed by atoms with Crippen LogP contribution in [-0.4, -0.2) is 21.8 Å².